The van der Waals surface area contributed by atoms with Gasteiger partial charge in [-0.25, -0.2) is 4.79 Å². The van der Waals surface area contributed by atoms with Gasteiger partial charge in [-0.05, 0) is 17.7 Å². The maximum atomic E-state index is 10.4. The van der Waals surface area contributed by atoms with Crippen LogP contribution >= 0.6 is 0 Å². The lowest BCUT2D eigenvalue weighted by Crippen LogP contribution is -2.07. The van der Waals surface area contributed by atoms with Gasteiger partial charge in [-0.15, -0.1) is 0 Å². The topological polar surface area (TPSA) is 87.0 Å². The van der Waals surface area contributed by atoms with Gasteiger partial charge in [0.15, 0.2) is 11.5 Å². The van der Waals surface area contributed by atoms with Gasteiger partial charge in [0.2, 0.25) is 0 Å². The lowest BCUT2D eigenvalue weighted by molar-refractivity contribution is -0.131. The van der Waals surface area contributed by atoms with E-state index in [0.29, 0.717) is 11.3 Å². The zero-order chi connectivity index (χ0) is 13.7. The van der Waals surface area contributed by atoms with Crippen LogP contribution in [0.4, 0.5) is 0 Å². The third kappa shape index (κ3) is 3.49. The lowest BCUT2D eigenvalue weighted by atomic mass is 9.96. The van der Waals surface area contributed by atoms with Crippen LogP contribution in [0.5, 0.6) is 11.5 Å². The minimum Gasteiger partial charge on any atom is -0.504 e. The molecule has 0 unspecified atom stereocenters. The molecule has 0 bridgehead atoms. The van der Waals surface area contributed by atoms with Crippen molar-refractivity contribution in [2.24, 2.45) is 5.92 Å². The highest BCUT2D eigenvalue weighted by Crippen LogP contribution is 2.31. The molecule has 18 heavy (non-hydrogen) atoms. The van der Waals surface area contributed by atoms with E-state index in [1.165, 1.54) is 19.3 Å². The van der Waals surface area contributed by atoms with Crippen LogP contribution in [0, 0.1) is 5.92 Å². The van der Waals surface area contributed by atoms with Crippen LogP contribution < -0.4 is 4.74 Å². The molecule has 0 saturated carbocycles. The highest BCUT2D eigenvalue weighted by Gasteiger charge is 2.16. The molecule has 1 aromatic rings. The van der Waals surface area contributed by atoms with Gasteiger partial charge in [0.1, 0.15) is 0 Å². The number of benzene rings is 1. The molecule has 2 atom stereocenters. The summed E-state index contributed by atoms with van der Waals surface area (Å²) in [7, 11) is 1.43. The van der Waals surface area contributed by atoms with Crippen LogP contribution in [0.3, 0.4) is 0 Å². The van der Waals surface area contributed by atoms with Crippen molar-refractivity contribution in [1.29, 1.82) is 0 Å². The Balaban J connectivity index is 2.86. The summed E-state index contributed by atoms with van der Waals surface area (Å²) in [5.41, 5.74) is 0.496. The van der Waals surface area contributed by atoms with Gasteiger partial charge in [0.25, 0.3) is 0 Å². The molecule has 0 spiro atoms. The SMILES string of the molecule is COc1ccc([C@@H](O)[C@@H](C)/C=C/C(=O)O)cc1O. The predicted molar refractivity (Wildman–Crippen MR) is 65.6 cm³/mol. The van der Waals surface area contributed by atoms with E-state index in [1.807, 2.05) is 0 Å². The molecule has 0 heterocycles. The monoisotopic (exact) mass is 252 g/mol. The average molecular weight is 252 g/mol. The molecule has 0 amide bonds. The molecular formula is C13H16O5. The number of ether oxygens (including phenoxy) is 1. The molecule has 0 aliphatic rings. The summed E-state index contributed by atoms with van der Waals surface area (Å²) in [6.45, 7) is 1.69. The number of carboxylic acid groups (broad SMARTS) is 1. The number of phenols is 1. The molecule has 0 saturated heterocycles. The summed E-state index contributed by atoms with van der Waals surface area (Å²) in [5, 5.41) is 28.1. The molecule has 98 valence electrons. The van der Waals surface area contributed by atoms with E-state index in [-0.39, 0.29) is 11.7 Å². The van der Waals surface area contributed by atoms with Crippen molar-refractivity contribution in [3.63, 3.8) is 0 Å². The summed E-state index contributed by atoms with van der Waals surface area (Å²) in [6, 6.07) is 4.56. The Kier molecular flexibility index (Phi) is 4.74. The minimum atomic E-state index is -1.06. The maximum Gasteiger partial charge on any atom is 0.327 e. The van der Waals surface area contributed by atoms with Crippen molar-refractivity contribution < 1.29 is 24.9 Å². The van der Waals surface area contributed by atoms with E-state index in [4.69, 9.17) is 9.84 Å². The summed E-state index contributed by atoms with van der Waals surface area (Å²) in [6.07, 6.45) is 1.49. The fourth-order valence-corrected chi connectivity index (χ4v) is 1.53. The Morgan fingerprint density at radius 3 is 2.61 bits per heavy atom. The third-order valence-electron chi connectivity index (χ3n) is 2.58. The van der Waals surface area contributed by atoms with Crippen molar-refractivity contribution in [2.45, 2.75) is 13.0 Å². The van der Waals surface area contributed by atoms with Gasteiger partial charge < -0.3 is 20.1 Å². The molecule has 0 aliphatic carbocycles. The summed E-state index contributed by atoms with van der Waals surface area (Å²) >= 11 is 0. The van der Waals surface area contributed by atoms with Gasteiger partial charge in [-0.3, -0.25) is 0 Å². The van der Waals surface area contributed by atoms with E-state index >= 15 is 0 Å². The standard InChI is InChI=1S/C13H16O5/c1-8(3-6-12(15)16)13(17)9-4-5-11(18-2)10(14)7-9/h3-8,13-14,17H,1-2H3,(H,15,16)/b6-3+/t8-,13-/m0/s1. The summed E-state index contributed by atoms with van der Waals surface area (Å²) in [4.78, 5) is 10.4. The zero-order valence-corrected chi connectivity index (χ0v) is 10.2. The number of aliphatic hydroxyl groups is 1. The molecular weight excluding hydrogens is 236 g/mol. The van der Waals surface area contributed by atoms with E-state index in [0.717, 1.165) is 6.08 Å². The molecule has 3 N–H and O–H groups in total. The number of carboxylic acids is 1. The molecule has 5 nitrogen and oxygen atoms in total. The molecule has 0 aromatic heterocycles. The normalized spacial score (nSPS) is 14.4. The third-order valence-corrected chi connectivity index (χ3v) is 2.58. The minimum absolute atomic E-state index is 0.0662. The quantitative estimate of drug-likeness (QED) is 0.694. The van der Waals surface area contributed by atoms with Crippen molar-refractivity contribution in [3.05, 3.63) is 35.9 Å². The number of hydrogen-bond acceptors (Lipinski definition) is 4. The number of aliphatic carboxylic acids is 1. The van der Waals surface area contributed by atoms with E-state index in [1.54, 1.807) is 19.1 Å². The molecule has 1 rings (SSSR count). The van der Waals surface area contributed by atoms with Gasteiger partial charge in [-0.1, -0.05) is 19.1 Å². The van der Waals surface area contributed by atoms with Crippen LogP contribution in [0.25, 0.3) is 0 Å². The predicted octanol–water partition coefficient (Wildman–Crippen LogP) is 1.71. The Morgan fingerprint density at radius 1 is 1.44 bits per heavy atom. The highest BCUT2D eigenvalue weighted by atomic mass is 16.5. The number of phenolic OH excluding ortho intramolecular Hbond substituents is 1. The van der Waals surface area contributed by atoms with Gasteiger partial charge in [0, 0.05) is 12.0 Å². The van der Waals surface area contributed by atoms with Crippen LogP contribution in [0.1, 0.15) is 18.6 Å². The van der Waals surface area contributed by atoms with Gasteiger partial charge >= 0.3 is 5.97 Å². The van der Waals surface area contributed by atoms with Crippen molar-refractivity contribution in [1.82, 2.24) is 0 Å². The highest BCUT2D eigenvalue weighted by molar-refractivity contribution is 5.79. The zero-order valence-electron chi connectivity index (χ0n) is 10.2. The van der Waals surface area contributed by atoms with Crippen molar-refractivity contribution in [2.75, 3.05) is 7.11 Å². The second-order valence-corrected chi connectivity index (χ2v) is 3.93. The smallest absolute Gasteiger partial charge is 0.327 e. The van der Waals surface area contributed by atoms with Crippen molar-refractivity contribution >= 4 is 5.97 Å². The van der Waals surface area contributed by atoms with Gasteiger partial charge in [0.05, 0.1) is 13.2 Å². The lowest BCUT2D eigenvalue weighted by Gasteiger charge is -2.16. The first-order chi connectivity index (χ1) is 8.45. The number of methoxy groups -OCH3 is 1. The second kappa shape index (κ2) is 6.07. The largest absolute Gasteiger partial charge is 0.504 e. The first-order valence-corrected chi connectivity index (χ1v) is 5.41. The summed E-state index contributed by atoms with van der Waals surface area (Å²) in [5.74, 6) is -1.19. The van der Waals surface area contributed by atoms with Crippen LogP contribution in [-0.4, -0.2) is 28.4 Å². The van der Waals surface area contributed by atoms with E-state index in [9.17, 15) is 15.0 Å². The fraction of sp³-hybridized carbons (Fsp3) is 0.308. The Labute approximate surface area is 105 Å². The summed E-state index contributed by atoms with van der Waals surface area (Å²) < 4.78 is 4.90. The van der Waals surface area contributed by atoms with E-state index < -0.39 is 12.1 Å². The maximum absolute atomic E-state index is 10.4. The number of aliphatic hydroxyl groups excluding tert-OH is 1. The van der Waals surface area contributed by atoms with Crippen LogP contribution in [0.2, 0.25) is 0 Å². The molecule has 0 fully saturated rings. The number of aromatic hydroxyl groups is 1. The molecule has 5 heteroatoms. The number of carbonyl (C=O) groups is 1. The average Bonchev–Trinajstić information content (AvgIpc) is 2.34. The first-order valence-electron chi connectivity index (χ1n) is 5.41. The van der Waals surface area contributed by atoms with E-state index in [2.05, 4.69) is 0 Å². The molecule has 0 radical (unpaired) electrons. The van der Waals surface area contributed by atoms with Gasteiger partial charge in [-0.2, -0.15) is 0 Å². The van der Waals surface area contributed by atoms with Crippen LogP contribution in [0.15, 0.2) is 30.4 Å². The molecule has 1 aromatic carbocycles. The Morgan fingerprint density at radius 2 is 2.11 bits per heavy atom. The second-order valence-electron chi connectivity index (χ2n) is 3.93. The first kappa shape index (κ1) is 14.1. The molecule has 0 aliphatic heterocycles. The number of rotatable bonds is 5. The fourth-order valence-electron chi connectivity index (χ4n) is 1.53. The van der Waals surface area contributed by atoms with Crippen molar-refractivity contribution in [3.8, 4) is 11.5 Å². The Bertz CT molecular complexity index is 453. The number of hydrogen-bond donors (Lipinski definition) is 3. The van der Waals surface area contributed by atoms with Crippen LogP contribution in [-0.2, 0) is 4.79 Å². The Hall–Kier alpha value is -2.01.